The van der Waals surface area contributed by atoms with Crippen molar-refractivity contribution in [1.29, 1.82) is 0 Å². The van der Waals surface area contributed by atoms with Crippen LogP contribution in [0, 0.1) is 5.82 Å². The average molecular weight is 406 g/mol. The van der Waals surface area contributed by atoms with Gasteiger partial charge in [-0.15, -0.1) is 0 Å². The summed E-state index contributed by atoms with van der Waals surface area (Å²) < 4.78 is 14.8. The second kappa shape index (κ2) is 8.75. The Labute approximate surface area is 169 Å². The minimum Gasteiger partial charge on any atom is -0.365 e. The fraction of sp³-hybridized carbons (Fsp3) is 0.400. The molecule has 1 aliphatic carbocycles. The SMILES string of the molecule is CNC1CCCCC1N(C)c1nc(Nc2ccc(Cl)cc2)c(C(N)=O)cc1F. The molecule has 2 aromatic rings. The highest BCUT2D eigenvalue weighted by molar-refractivity contribution is 6.30. The molecule has 1 fully saturated rings. The van der Waals surface area contributed by atoms with Crippen LogP contribution in [0.5, 0.6) is 0 Å². The highest BCUT2D eigenvalue weighted by Crippen LogP contribution is 2.30. The molecule has 3 rings (SSSR count). The van der Waals surface area contributed by atoms with E-state index >= 15 is 0 Å². The van der Waals surface area contributed by atoms with Crippen molar-refractivity contribution in [1.82, 2.24) is 10.3 Å². The molecule has 0 bridgehead atoms. The number of primary amides is 1. The van der Waals surface area contributed by atoms with Crippen LogP contribution in [0.4, 0.5) is 21.7 Å². The van der Waals surface area contributed by atoms with E-state index in [1.165, 1.54) is 0 Å². The minimum atomic E-state index is -0.747. The molecule has 8 heteroatoms. The Kier molecular flexibility index (Phi) is 6.36. The van der Waals surface area contributed by atoms with Crippen LogP contribution in [-0.2, 0) is 0 Å². The van der Waals surface area contributed by atoms with Crippen LogP contribution in [0.15, 0.2) is 30.3 Å². The number of nitrogens with zero attached hydrogens (tertiary/aromatic N) is 2. The molecule has 150 valence electrons. The van der Waals surface area contributed by atoms with Gasteiger partial charge in [0.05, 0.1) is 5.56 Å². The number of pyridine rings is 1. The third-order valence-electron chi connectivity index (χ3n) is 5.26. The van der Waals surface area contributed by atoms with Gasteiger partial charge in [0.15, 0.2) is 11.6 Å². The largest absolute Gasteiger partial charge is 0.365 e. The zero-order valence-corrected chi connectivity index (χ0v) is 16.8. The predicted molar refractivity (Wildman–Crippen MR) is 111 cm³/mol. The summed E-state index contributed by atoms with van der Waals surface area (Å²) in [5.74, 6) is -0.912. The van der Waals surface area contributed by atoms with E-state index in [0.717, 1.165) is 31.7 Å². The van der Waals surface area contributed by atoms with Crippen molar-refractivity contribution in [2.45, 2.75) is 37.8 Å². The van der Waals surface area contributed by atoms with Gasteiger partial charge in [-0.05, 0) is 50.2 Å². The Morgan fingerprint density at radius 2 is 1.96 bits per heavy atom. The maximum absolute atomic E-state index is 14.8. The van der Waals surface area contributed by atoms with Crippen molar-refractivity contribution < 1.29 is 9.18 Å². The van der Waals surface area contributed by atoms with E-state index in [1.807, 2.05) is 19.0 Å². The molecule has 1 aromatic carbocycles. The molecule has 6 nitrogen and oxygen atoms in total. The van der Waals surface area contributed by atoms with Crippen LogP contribution in [0.1, 0.15) is 36.0 Å². The Balaban J connectivity index is 1.97. The zero-order valence-electron chi connectivity index (χ0n) is 16.0. The number of rotatable bonds is 6. The van der Waals surface area contributed by atoms with Gasteiger partial charge in [-0.2, -0.15) is 0 Å². The average Bonchev–Trinajstić information content (AvgIpc) is 2.70. The molecule has 0 radical (unpaired) electrons. The van der Waals surface area contributed by atoms with E-state index in [1.54, 1.807) is 24.3 Å². The van der Waals surface area contributed by atoms with Gasteiger partial charge in [0.2, 0.25) is 0 Å². The molecular weight excluding hydrogens is 381 g/mol. The first-order valence-electron chi connectivity index (χ1n) is 9.33. The van der Waals surface area contributed by atoms with Crippen LogP contribution in [0.3, 0.4) is 0 Å². The second-order valence-corrected chi connectivity index (χ2v) is 7.48. The van der Waals surface area contributed by atoms with Crippen LogP contribution in [0.2, 0.25) is 5.02 Å². The summed E-state index contributed by atoms with van der Waals surface area (Å²) in [7, 11) is 3.76. The van der Waals surface area contributed by atoms with E-state index < -0.39 is 11.7 Å². The molecular formula is C20H25ClFN5O. The Hall–Kier alpha value is -2.38. The van der Waals surface area contributed by atoms with Gasteiger partial charge >= 0.3 is 0 Å². The number of carbonyl (C=O) groups is 1. The molecule has 1 aliphatic rings. The molecule has 4 N–H and O–H groups in total. The van der Waals surface area contributed by atoms with E-state index in [2.05, 4.69) is 15.6 Å². The standard InChI is InChI=1S/C20H25ClFN5O/c1-24-16-5-3-4-6-17(16)27(2)20-15(22)11-14(18(23)28)19(26-20)25-13-9-7-12(21)8-10-13/h7-11,16-17,24H,3-6H2,1-2H3,(H2,23,28)(H,25,26). The molecule has 2 atom stereocenters. The molecule has 1 saturated carbocycles. The monoisotopic (exact) mass is 405 g/mol. The number of hydrogen-bond donors (Lipinski definition) is 3. The topological polar surface area (TPSA) is 83.3 Å². The van der Waals surface area contributed by atoms with Gasteiger partial charge < -0.3 is 21.3 Å². The maximum atomic E-state index is 14.8. The number of hydrogen-bond acceptors (Lipinski definition) is 5. The summed E-state index contributed by atoms with van der Waals surface area (Å²) >= 11 is 5.92. The van der Waals surface area contributed by atoms with Crippen molar-refractivity contribution in [3.05, 3.63) is 46.7 Å². The number of likely N-dealkylation sites (N-methyl/N-ethyl adjacent to an activating group) is 2. The number of benzene rings is 1. The number of amides is 1. The summed E-state index contributed by atoms with van der Waals surface area (Å²) in [6, 6.07) is 8.44. The van der Waals surface area contributed by atoms with E-state index in [-0.39, 0.29) is 29.3 Å². The lowest BCUT2D eigenvalue weighted by atomic mass is 9.89. The van der Waals surface area contributed by atoms with Crippen LogP contribution >= 0.6 is 11.6 Å². The van der Waals surface area contributed by atoms with Crippen molar-refractivity contribution in [3.8, 4) is 0 Å². The summed E-state index contributed by atoms with van der Waals surface area (Å²) in [6.45, 7) is 0. The summed E-state index contributed by atoms with van der Waals surface area (Å²) in [5.41, 5.74) is 6.11. The number of anilines is 3. The zero-order chi connectivity index (χ0) is 20.3. The lowest BCUT2D eigenvalue weighted by Gasteiger charge is -2.38. The summed E-state index contributed by atoms with van der Waals surface area (Å²) in [4.78, 5) is 18.1. The van der Waals surface area contributed by atoms with Crippen molar-refractivity contribution >= 4 is 34.8 Å². The number of nitrogens with two attached hydrogens (primary N) is 1. The Bertz CT molecular complexity index is 845. The normalized spacial score (nSPS) is 19.3. The number of halogens is 2. The van der Waals surface area contributed by atoms with Crippen LogP contribution < -0.4 is 21.3 Å². The maximum Gasteiger partial charge on any atom is 0.252 e. The van der Waals surface area contributed by atoms with E-state index in [0.29, 0.717) is 10.7 Å². The Morgan fingerprint density at radius 3 is 2.61 bits per heavy atom. The molecule has 1 aromatic heterocycles. The highest BCUT2D eigenvalue weighted by atomic mass is 35.5. The molecule has 0 spiro atoms. The first-order chi connectivity index (χ1) is 13.4. The molecule has 0 saturated heterocycles. The quantitative estimate of drug-likeness (QED) is 0.682. The van der Waals surface area contributed by atoms with Gasteiger partial charge in [-0.1, -0.05) is 24.4 Å². The van der Waals surface area contributed by atoms with E-state index in [9.17, 15) is 9.18 Å². The van der Waals surface area contributed by atoms with Gasteiger partial charge in [0.1, 0.15) is 5.82 Å². The van der Waals surface area contributed by atoms with Gasteiger partial charge in [0.25, 0.3) is 5.91 Å². The third kappa shape index (κ3) is 4.36. The molecule has 1 heterocycles. The lowest BCUT2D eigenvalue weighted by molar-refractivity contribution is 0.100. The summed E-state index contributed by atoms with van der Waals surface area (Å²) in [5, 5.41) is 6.96. The van der Waals surface area contributed by atoms with Gasteiger partial charge in [-0.3, -0.25) is 4.79 Å². The minimum absolute atomic E-state index is 0.00147. The lowest BCUT2D eigenvalue weighted by Crippen LogP contribution is -2.50. The first-order valence-corrected chi connectivity index (χ1v) is 9.71. The van der Waals surface area contributed by atoms with Crippen LogP contribution in [-0.4, -0.2) is 37.1 Å². The van der Waals surface area contributed by atoms with E-state index in [4.69, 9.17) is 17.3 Å². The summed E-state index contributed by atoms with van der Waals surface area (Å²) in [6.07, 6.45) is 4.21. The van der Waals surface area contributed by atoms with Gasteiger partial charge in [0, 0.05) is 29.8 Å². The molecule has 2 unspecified atom stereocenters. The fourth-order valence-corrected chi connectivity index (χ4v) is 3.87. The number of nitrogens with one attached hydrogen (secondary N) is 2. The number of aromatic nitrogens is 1. The van der Waals surface area contributed by atoms with Gasteiger partial charge in [-0.25, -0.2) is 9.37 Å². The predicted octanol–water partition coefficient (Wildman–Crippen LogP) is 3.68. The first kappa shape index (κ1) is 20.4. The smallest absolute Gasteiger partial charge is 0.252 e. The highest BCUT2D eigenvalue weighted by Gasteiger charge is 2.30. The second-order valence-electron chi connectivity index (χ2n) is 7.04. The molecule has 1 amide bonds. The number of carbonyl (C=O) groups excluding carboxylic acids is 1. The third-order valence-corrected chi connectivity index (χ3v) is 5.51. The molecule has 28 heavy (non-hydrogen) atoms. The van der Waals surface area contributed by atoms with Crippen molar-refractivity contribution in [2.24, 2.45) is 5.73 Å². The fourth-order valence-electron chi connectivity index (χ4n) is 3.75. The Morgan fingerprint density at radius 1 is 1.29 bits per heavy atom. The molecule has 0 aliphatic heterocycles. The van der Waals surface area contributed by atoms with Crippen molar-refractivity contribution in [2.75, 3.05) is 24.3 Å². The van der Waals surface area contributed by atoms with Crippen molar-refractivity contribution in [3.63, 3.8) is 0 Å². The van der Waals surface area contributed by atoms with Crippen LogP contribution in [0.25, 0.3) is 0 Å².